The zero-order valence-electron chi connectivity index (χ0n) is 9.88. The first-order chi connectivity index (χ1) is 6.87. The summed E-state index contributed by atoms with van der Waals surface area (Å²) in [7, 11) is 0. The number of alkyl halides is 1. The van der Waals surface area contributed by atoms with Gasteiger partial charge in [0.1, 0.15) is 11.8 Å². The highest BCUT2D eigenvalue weighted by molar-refractivity contribution is 5.85. The molecule has 0 aromatic rings. The van der Waals surface area contributed by atoms with Gasteiger partial charge in [-0.05, 0) is 27.2 Å². The van der Waals surface area contributed by atoms with Crippen molar-refractivity contribution in [3.05, 3.63) is 0 Å². The van der Waals surface area contributed by atoms with Gasteiger partial charge in [-0.1, -0.05) is 0 Å². The van der Waals surface area contributed by atoms with E-state index in [2.05, 4.69) is 10.6 Å². The van der Waals surface area contributed by atoms with Crippen LogP contribution in [0.4, 0.5) is 9.18 Å². The first-order valence-corrected chi connectivity index (χ1v) is 5.21. The normalized spacial score (nSPS) is 24.8. The summed E-state index contributed by atoms with van der Waals surface area (Å²) in [4.78, 5) is 11.2. The first kappa shape index (κ1) is 15.4. The van der Waals surface area contributed by atoms with Gasteiger partial charge in [-0.25, -0.2) is 9.18 Å². The Labute approximate surface area is 102 Å². The molecule has 96 valence electrons. The van der Waals surface area contributed by atoms with Crippen molar-refractivity contribution in [2.24, 2.45) is 0 Å². The Morgan fingerprint density at radius 2 is 2.19 bits per heavy atom. The van der Waals surface area contributed by atoms with E-state index in [0.29, 0.717) is 19.5 Å². The molecule has 0 saturated carbocycles. The third-order valence-electron chi connectivity index (χ3n) is 2.06. The highest BCUT2D eigenvalue weighted by atomic mass is 35.5. The molecular weight excluding hydrogens is 235 g/mol. The number of halogens is 2. The smallest absolute Gasteiger partial charge is 0.407 e. The molecule has 0 unspecified atom stereocenters. The molecule has 1 aliphatic heterocycles. The van der Waals surface area contributed by atoms with Gasteiger partial charge in [-0.2, -0.15) is 0 Å². The van der Waals surface area contributed by atoms with Crippen molar-refractivity contribution in [2.45, 2.75) is 45.0 Å². The molecule has 2 N–H and O–H groups in total. The minimum absolute atomic E-state index is 0. The van der Waals surface area contributed by atoms with Gasteiger partial charge in [0, 0.05) is 19.1 Å². The lowest BCUT2D eigenvalue weighted by molar-refractivity contribution is 0.0523. The number of amides is 1. The SMILES string of the molecule is CC(C)(C)OC(=O)NC[C@@H]1C[C@H](F)CN1.Cl. The number of hydrogen-bond donors (Lipinski definition) is 2. The molecule has 1 heterocycles. The molecule has 0 bridgehead atoms. The van der Waals surface area contributed by atoms with Crippen LogP contribution in [-0.2, 0) is 4.74 Å². The Balaban J connectivity index is 0.00000225. The van der Waals surface area contributed by atoms with Crippen LogP contribution in [-0.4, -0.2) is 37.0 Å². The van der Waals surface area contributed by atoms with Gasteiger partial charge in [-0.3, -0.25) is 0 Å². The van der Waals surface area contributed by atoms with E-state index >= 15 is 0 Å². The Hall–Kier alpha value is -0.550. The second-order valence-electron chi connectivity index (χ2n) is 4.82. The molecule has 1 fully saturated rings. The largest absolute Gasteiger partial charge is 0.444 e. The van der Waals surface area contributed by atoms with Gasteiger partial charge >= 0.3 is 6.09 Å². The molecule has 1 amide bonds. The zero-order valence-corrected chi connectivity index (χ0v) is 10.7. The fraction of sp³-hybridized carbons (Fsp3) is 0.900. The maximum absolute atomic E-state index is 12.8. The van der Waals surface area contributed by atoms with Crippen LogP contribution in [0.3, 0.4) is 0 Å². The Morgan fingerprint density at radius 1 is 1.56 bits per heavy atom. The van der Waals surface area contributed by atoms with Crippen LogP contribution >= 0.6 is 12.4 Å². The highest BCUT2D eigenvalue weighted by Crippen LogP contribution is 2.10. The van der Waals surface area contributed by atoms with E-state index in [1.165, 1.54) is 0 Å². The van der Waals surface area contributed by atoms with E-state index in [4.69, 9.17) is 4.74 Å². The number of rotatable bonds is 2. The van der Waals surface area contributed by atoms with Crippen molar-refractivity contribution in [1.29, 1.82) is 0 Å². The van der Waals surface area contributed by atoms with Crippen LogP contribution in [0.5, 0.6) is 0 Å². The molecule has 1 saturated heterocycles. The van der Waals surface area contributed by atoms with Crippen molar-refractivity contribution < 1.29 is 13.9 Å². The number of hydrogen-bond acceptors (Lipinski definition) is 3. The topological polar surface area (TPSA) is 50.4 Å². The van der Waals surface area contributed by atoms with Crippen LogP contribution in [0.15, 0.2) is 0 Å². The first-order valence-electron chi connectivity index (χ1n) is 5.21. The monoisotopic (exact) mass is 254 g/mol. The summed E-state index contributed by atoms with van der Waals surface area (Å²) in [6, 6.07) is 0.0209. The summed E-state index contributed by atoms with van der Waals surface area (Å²) < 4.78 is 17.8. The molecule has 1 rings (SSSR count). The lowest BCUT2D eigenvalue weighted by Gasteiger charge is -2.20. The van der Waals surface area contributed by atoms with Gasteiger partial charge in [-0.15, -0.1) is 12.4 Å². The molecule has 6 heteroatoms. The number of carbonyl (C=O) groups is 1. The average molecular weight is 255 g/mol. The molecule has 0 aliphatic carbocycles. The van der Waals surface area contributed by atoms with Crippen LogP contribution in [0, 0.1) is 0 Å². The van der Waals surface area contributed by atoms with E-state index in [-0.39, 0.29) is 18.4 Å². The molecule has 0 spiro atoms. The van der Waals surface area contributed by atoms with E-state index in [9.17, 15) is 9.18 Å². The third-order valence-corrected chi connectivity index (χ3v) is 2.06. The van der Waals surface area contributed by atoms with Crippen LogP contribution in [0.25, 0.3) is 0 Å². The van der Waals surface area contributed by atoms with Gasteiger partial charge in [0.25, 0.3) is 0 Å². The quantitative estimate of drug-likeness (QED) is 0.788. The van der Waals surface area contributed by atoms with Gasteiger partial charge < -0.3 is 15.4 Å². The van der Waals surface area contributed by atoms with Crippen molar-refractivity contribution in [2.75, 3.05) is 13.1 Å². The minimum atomic E-state index is -0.796. The van der Waals surface area contributed by atoms with Gasteiger partial charge in [0.15, 0.2) is 0 Å². The van der Waals surface area contributed by atoms with Crippen molar-refractivity contribution >= 4 is 18.5 Å². The number of nitrogens with one attached hydrogen (secondary N) is 2. The number of carbonyl (C=O) groups excluding carboxylic acids is 1. The average Bonchev–Trinajstić information content (AvgIpc) is 2.45. The molecule has 2 atom stereocenters. The summed E-state index contributed by atoms with van der Waals surface area (Å²) in [6.07, 6.45) is -0.794. The van der Waals surface area contributed by atoms with E-state index in [1.807, 2.05) is 0 Å². The molecule has 16 heavy (non-hydrogen) atoms. The maximum atomic E-state index is 12.8. The highest BCUT2D eigenvalue weighted by Gasteiger charge is 2.24. The number of alkyl carbamates (subject to hydrolysis) is 1. The molecule has 0 aromatic heterocycles. The van der Waals surface area contributed by atoms with E-state index in [0.717, 1.165) is 0 Å². The fourth-order valence-electron chi connectivity index (χ4n) is 1.45. The fourth-order valence-corrected chi connectivity index (χ4v) is 1.45. The molecular formula is C10H20ClFN2O2. The maximum Gasteiger partial charge on any atom is 0.407 e. The minimum Gasteiger partial charge on any atom is -0.444 e. The lowest BCUT2D eigenvalue weighted by Crippen LogP contribution is -2.39. The summed E-state index contributed by atoms with van der Waals surface area (Å²) in [5, 5.41) is 5.59. The predicted octanol–water partition coefficient (Wildman–Crippen LogP) is 1.63. The summed E-state index contributed by atoms with van der Waals surface area (Å²) in [5.74, 6) is 0. The standard InChI is InChI=1S/C10H19FN2O2.ClH/c1-10(2,3)15-9(14)13-6-8-4-7(11)5-12-8;/h7-8,12H,4-6H2,1-3H3,(H,13,14);1H/t7-,8-;/m0./s1. The summed E-state index contributed by atoms with van der Waals surface area (Å²) >= 11 is 0. The Bertz CT molecular complexity index is 233. The second-order valence-corrected chi connectivity index (χ2v) is 4.82. The van der Waals surface area contributed by atoms with Crippen molar-refractivity contribution in [1.82, 2.24) is 10.6 Å². The van der Waals surface area contributed by atoms with Crippen LogP contribution in [0.1, 0.15) is 27.2 Å². The Morgan fingerprint density at radius 3 is 2.62 bits per heavy atom. The third kappa shape index (κ3) is 6.12. The molecule has 4 nitrogen and oxygen atoms in total. The molecule has 0 radical (unpaired) electrons. The summed E-state index contributed by atoms with van der Waals surface area (Å²) in [6.45, 7) is 6.20. The van der Waals surface area contributed by atoms with Crippen molar-refractivity contribution in [3.63, 3.8) is 0 Å². The van der Waals surface area contributed by atoms with E-state index < -0.39 is 17.9 Å². The molecule has 1 aliphatic rings. The lowest BCUT2D eigenvalue weighted by atomic mass is 10.2. The zero-order chi connectivity index (χ0) is 11.5. The van der Waals surface area contributed by atoms with Crippen molar-refractivity contribution in [3.8, 4) is 0 Å². The summed E-state index contributed by atoms with van der Waals surface area (Å²) in [5.41, 5.74) is -0.490. The van der Waals surface area contributed by atoms with Crippen LogP contribution in [0.2, 0.25) is 0 Å². The predicted molar refractivity (Wildman–Crippen MR) is 62.8 cm³/mol. The number of ether oxygens (including phenoxy) is 1. The van der Waals surface area contributed by atoms with Gasteiger partial charge in [0.2, 0.25) is 0 Å². The van der Waals surface area contributed by atoms with E-state index in [1.54, 1.807) is 20.8 Å². The Kier molecular flexibility index (Phi) is 6.04. The second kappa shape index (κ2) is 6.25. The van der Waals surface area contributed by atoms with Crippen LogP contribution < -0.4 is 10.6 Å². The molecule has 0 aromatic carbocycles. The van der Waals surface area contributed by atoms with Gasteiger partial charge in [0.05, 0.1) is 0 Å².